The molecule has 2 aliphatic carbocycles. The normalized spacial score (nSPS) is 14.3. The second kappa shape index (κ2) is 11.2. The highest BCUT2D eigenvalue weighted by Crippen LogP contribution is 2.54. The summed E-state index contributed by atoms with van der Waals surface area (Å²) in [5.41, 5.74) is 5.92. The zero-order chi connectivity index (χ0) is 34.8. The molecule has 5 aromatic carbocycles. The third-order valence-corrected chi connectivity index (χ3v) is 8.86. The molecule has 0 unspecified atom stereocenters. The Bertz CT molecular complexity index is 2530. The molecule has 4 nitrogen and oxygen atoms in total. The van der Waals surface area contributed by atoms with E-state index in [1.54, 1.807) is 43.3 Å². The van der Waals surface area contributed by atoms with Gasteiger partial charge in [0, 0.05) is 11.1 Å². The number of aryl methyl sites for hydroxylation is 1. The van der Waals surface area contributed by atoms with E-state index in [0.717, 1.165) is 28.8 Å². The van der Waals surface area contributed by atoms with E-state index in [4.69, 9.17) is 13.1 Å². The van der Waals surface area contributed by atoms with Gasteiger partial charge < -0.3 is 0 Å². The minimum absolute atomic E-state index is 0.0951. The Balaban J connectivity index is 1.46. The lowest BCUT2D eigenvalue weighted by Crippen LogP contribution is -2.08. The summed E-state index contributed by atoms with van der Waals surface area (Å²) in [6.07, 6.45) is -4.91. The van der Waals surface area contributed by atoms with Gasteiger partial charge in [0.05, 0.1) is 30.8 Å². The van der Waals surface area contributed by atoms with Crippen LogP contribution in [0, 0.1) is 54.4 Å². The lowest BCUT2D eigenvalue weighted by Gasteiger charge is -2.12. The number of benzene rings is 5. The number of allylic oxidation sites excluding steroid dienone is 2. The first-order chi connectivity index (χ1) is 23.5. The third kappa shape index (κ3) is 4.77. The Morgan fingerprint density at radius 3 is 1.41 bits per heavy atom. The monoisotopic (exact) mass is 648 g/mol. The number of rotatable bonds is 2. The zero-order valence-electron chi connectivity index (χ0n) is 25.3. The lowest BCUT2D eigenvalue weighted by molar-refractivity contribution is -0.139. The number of hydrogen-bond donors (Lipinski definition) is 0. The van der Waals surface area contributed by atoms with Crippen molar-refractivity contribution in [3.8, 4) is 56.6 Å². The van der Waals surface area contributed by atoms with Crippen LogP contribution in [0.4, 0.5) is 22.0 Å². The van der Waals surface area contributed by atoms with Crippen molar-refractivity contribution in [2.45, 2.75) is 13.1 Å². The molecule has 0 radical (unpaired) electrons. The number of alkyl halides is 3. The summed E-state index contributed by atoms with van der Waals surface area (Å²) < 4.78 is 68.7. The average molecular weight is 649 g/mol. The molecule has 0 saturated heterocycles. The SMILES string of the molecule is [C-]#[N+]/C(C#N)=C1/c2cc(-c3ccc(F)c(C(F)(F)F)c3)ccc2-c2cc3c(cc21)/C(=C(\C#N)[N+]#[C-])c1cc(-c2ccc(F)c(C)c2)ccc1-3. The number of nitrogens with zero attached hydrogens (tertiary/aromatic N) is 4. The van der Waals surface area contributed by atoms with Crippen LogP contribution in [0.25, 0.3) is 65.3 Å². The molecule has 0 bridgehead atoms. The first-order valence-electron chi connectivity index (χ1n) is 14.6. The second-order valence-corrected chi connectivity index (χ2v) is 11.5. The largest absolute Gasteiger partial charge is 0.419 e. The van der Waals surface area contributed by atoms with Gasteiger partial charge in [0.2, 0.25) is 0 Å². The molecule has 0 amide bonds. The van der Waals surface area contributed by atoms with Crippen molar-refractivity contribution in [3.05, 3.63) is 164 Å². The molecular weight excluding hydrogens is 631 g/mol. The first kappa shape index (κ1) is 30.8. The van der Waals surface area contributed by atoms with E-state index in [2.05, 4.69) is 9.69 Å². The maximum atomic E-state index is 14.1. The lowest BCUT2D eigenvalue weighted by atomic mass is 9.94. The van der Waals surface area contributed by atoms with Crippen LogP contribution in [0.2, 0.25) is 0 Å². The molecule has 0 aromatic heterocycles. The Labute approximate surface area is 277 Å². The fourth-order valence-electron chi connectivity index (χ4n) is 6.61. The van der Waals surface area contributed by atoms with Gasteiger partial charge in [0.15, 0.2) is 0 Å². The fraction of sp³-hybridized carbons (Fsp3) is 0.0500. The first-order valence-corrected chi connectivity index (χ1v) is 14.6. The third-order valence-electron chi connectivity index (χ3n) is 8.86. The molecule has 9 heteroatoms. The Morgan fingerprint density at radius 2 is 0.959 bits per heavy atom. The Kier molecular flexibility index (Phi) is 7.02. The van der Waals surface area contributed by atoms with Gasteiger partial charge in [-0.25, -0.2) is 29.0 Å². The van der Waals surface area contributed by atoms with Gasteiger partial charge in [-0.15, -0.1) is 0 Å². The zero-order valence-corrected chi connectivity index (χ0v) is 25.3. The van der Waals surface area contributed by atoms with Gasteiger partial charge in [-0.2, -0.15) is 13.2 Å². The van der Waals surface area contributed by atoms with E-state index in [9.17, 15) is 32.5 Å². The van der Waals surface area contributed by atoms with Crippen LogP contribution in [0.15, 0.2) is 96.3 Å². The van der Waals surface area contributed by atoms with Crippen molar-refractivity contribution < 1.29 is 22.0 Å². The van der Waals surface area contributed by atoms with Crippen molar-refractivity contribution in [2.75, 3.05) is 0 Å². The Hall–Kier alpha value is -6.81. The highest BCUT2D eigenvalue weighted by Gasteiger charge is 2.36. The van der Waals surface area contributed by atoms with Crippen LogP contribution < -0.4 is 0 Å². The van der Waals surface area contributed by atoms with Crippen molar-refractivity contribution in [1.82, 2.24) is 0 Å². The van der Waals surface area contributed by atoms with Crippen molar-refractivity contribution >= 4 is 11.1 Å². The van der Waals surface area contributed by atoms with Crippen LogP contribution in [0.3, 0.4) is 0 Å². The molecule has 49 heavy (non-hydrogen) atoms. The molecule has 232 valence electrons. The quantitative estimate of drug-likeness (QED) is 0.106. The topological polar surface area (TPSA) is 56.3 Å². The minimum atomic E-state index is -4.91. The molecule has 5 aromatic rings. The predicted molar refractivity (Wildman–Crippen MR) is 174 cm³/mol. The van der Waals surface area contributed by atoms with Crippen LogP contribution in [0.1, 0.15) is 33.4 Å². The smallest absolute Gasteiger partial charge is 0.226 e. The highest BCUT2D eigenvalue weighted by molar-refractivity contribution is 6.11. The number of fused-ring (bicyclic) bond motifs is 6. The standard InChI is InChI=1S/C40H17F5N4/c1-20-12-21(6-10-34(20)41)22-4-8-25-27-16-28-26-9-5-23(24-7-11-35(42)33(15-24)40(43,44)45)14-30(26)39(37(19-47)49-3)32(28)17-31(27)38(29(25)13-22)36(18-46)48-2/h4-17H,1H3/b38-36+,39-37-. The average Bonchev–Trinajstić information content (AvgIpc) is 3.57. The molecule has 0 fully saturated rings. The van der Waals surface area contributed by atoms with Gasteiger partial charge >= 0.3 is 6.18 Å². The van der Waals surface area contributed by atoms with E-state index in [1.807, 2.05) is 36.4 Å². The summed E-state index contributed by atoms with van der Waals surface area (Å²) in [6.45, 7) is 17.2. The summed E-state index contributed by atoms with van der Waals surface area (Å²) in [5, 5.41) is 20.0. The number of halogens is 5. The van der Waals surface area contributed by atoms with Crippen LogP contribution in [-0.4, -0.2) is 0 Å². The number of hydrogen-bond acceptors (Lipinski definition) is 2. The summed E-state index contributed by atoms with van der Waals surface area (Å²) in [4.78, 5) is 6.96. The van der Waals surface area contributed by atoms with Crippen molar-refractivity contribution in [2.24, 2.45) is 0 Å². The summed E-state index contributed by atoms with van der Waals surface area (Å²) in [7, 11) is 0. The van der Waals surface area contributed by atoms with Gasteiger partial charge in [-0.05, 0) is 128 Å². The molecule has 2 aliphatic rings. The predicted octanol–water partition coefficient (Wildman–Crippen LogP) is 11.0. The van der Waals surface area contributed by atoms with Crippen molar-refractivity contribution in [3.63, 3.8) is 0 Å². The van der Waals surface area contributed by atoms with Crippen LogP contribution in [0.5, 0.6) is 0 Å². The second-order valence-electron chi connectivity index (χ2n) is 11.5. The highest BCUT2D eigenvalue weighted by atomic mass is 19.4. The van der Waals surface area contributed by atoms with E-state index >= 15 is 0 Å². The number of nitriles is 2. The fourth-order valence-corrected chi connectivity index (χ4v) is 6.61. The van der Waals surface area contributed by atoms with E-state index in [1.165, 1.54) is 12.1 Å². The molecule has 0 heterocycles. The summed E-state index contributed by atoms with van der Waals surface area (Å²) >= 11 is 0. The van der Waals surface area contributed by atoms with Gasteiger partial charge in [0.25, 0.3) is 11.4 Å². The Morgan fingerprint density at radius 1 is 0.551 bits per heavy atom. The van der Waals surface area contributed by atoms with E-state index in [0.29, 0.717) is 55.6 Å². The molecule has 0 N–H and O–H groups in total. The molecule has 0 aliphatic heterocycles. The van der Waals surface area contributed by atoms with Gasteiger partial charge in [-0.3, -0.25) is 0 Å². The van der Waals surface area contributed by atoms with Crippen molar-refractivity contribution in [1.29, 1.82) is 10.5 Å². The van der Waals surface area contributed by atoms with Crippen LogP contribution in [-0.2, 0) is 6.18 Å². The maximum absolute atomic E-state index is 14.1. The van der Waals surface area contributed by atoms with E-state index < -0.39 is 17.6 Å². The van der Waals surface area contributed by atoms with Gasteiger partial charge in [-0.1, -0.05) is 36.4 Å². The molecule has 7 rings (SSSR count). The van der Waals surface area contributed by atoms with Crippen LogP contribution >= 0.6 is 0 Å². The summed E-state index contributed by atoms with van der Waals surface area (Å²) in [6, 6.07) is 25.4. The molecule has 0 saturated carbocycles. The summed E-state index contributed by atoms with van der Waals surface area (Å²) in [5.74, 6) is -1.75. The molecule has 0 spiro atoms. The van der Waals surface area contributed by atoms with E-state index in [-0.39, 0.29) is 28.3 Å². The maximum Gasteiger partial charge on any atom is 0.419 e. The minimum Gasteiger partial charge on any atom is -0.226 e. The van der Waals surface area contributed by atoms with Gasteiger partial charge in [0.1, 0.15) is 11.6 Å². The molecule has 0 atom stereocenters. The molecular formula is C40H17F5N4.